The van der Waals surface area contributed by atoms with Gasteiger partial charge < -0.3 is 19.4 Å². The van der Waals surface area contributed by atoms with Gasteiger partial charge in [0.1, 0.15) is 22.7 Å². The molecule has 0 saturated carbocycles. The molecule has 31 heavy (non-hydrogen) atoms. The van der Waals surface area contributed by atoms with E-state index in [1.54, 1.807) is 19.2 Å². The van der Waals surface area contributed by atoms with Crippen LogP contribution in [0.5, 0.6) is 11.5 Å². The first-order chi connectivity index (χ1) is 15.0. The third kappa shape index (κ3) is 4.44. The quantitative estimate of drug-likeness (QED) is 0.618. The van der Waals surface area contributed by atoms with Crippen molar-refractivity contribution in [3.8, 4) is 22.9 Å². The minimum Gasteiger partial charge on any atom is -0.497 e. The smallest absolute Gasteiger partial charge is 0.262 e. The highest BCUT2D eigenvalue weighted by Gasteiger charge is 2.15. The molecule has 1 saturated heterocycles. The maximum absolute atomic E-state index is 12.8. The molecule has 0 radical (unpaired) electrons. The second kappa shape index (κ2) is 9.10. The van der Waals surface area contributed by atoms with Crippen molar-refractivity contribution in [2.24, 2.45) is 0 Å². The first kappa shape index (κ1) is 21.4. The van der Waals surface area contributed by atoms with E-state index in [2.05, 4.69) is 35.9 Å². The van der Waals surface area contributed by atoms with Gasteiger partial charge in [-0.3, -0.25) is 4.79 Å². The number of ether oxygens (including phenoxy) is 2. The summed E-state index contributed by atoms with van der Waals surface area (Å²) in [5, 5.41) is 0.430. The van der Waals surface area contributed by atoms with Gasteiger partial charge in [0, 0.05) is 17.7 Å². The maximum atomic E-state index is 12.8. The van der Waals surface area contributed by atoms with Crippen LogP contribution in [-0.2, 0) is 6.42 Å². The molecule has 164 valence electrons. The van der Waals surface area contributed by atoms with Crippen LogP contribution < -0.4 is 15.0 Å². The van der Waals surface area contributed by atoms with Crippen molar-refractivity contribution >= 4 is 10.9 Å². The van der Waals surface area contributed by atoms with Gasteiger partial charge in [-0.05, 0) is 88.0 Å². The number of hydrogen-bond acceptors (Lipinski definition) is 5. The van der Waals surface area contributed by atoms with Crippen molar-refractivity contribution in [1.29, 1.82) is 0 Å². The third-order valence-electron chi connectivity index (χ3n) is 6.27. The lowest BCUT2D eigenvalue weighted by atomic mass is 9.95. The average Bonchev–Trinajstić information content (AvgIpc) is 3.27. The lowest BCUT2D eigenvalue weighted by molar-refractivity contribution is 0.334. The van der Waals surface area contributed by atoms with Crippen LogP contribution in [0.15, 0.2) is 29.1 Å². The Morgan fingerprint density at radius 2 is 1.74 bits per heavy atom. The Labute approximate surface area is 183 Å². The Bertz CT molecular complexity index is 1120. The second-order valence-corrected chi connectivity index (χ2v) is 8.38. The summed E-state index contributed by atoms with van der Waals surface area (Å²) in [4.78, 5) is 23.1. The minimum atomic E-state index is -0.218. The molecule has 2 aromatic carbocycles. The number of aromatic amines is 1. The van der Waals surface area contributed by atoms with E-state index in [-0.39, 0.29) is 5.56 Å². The Morgan fingerprint density at radius 1 is 1.03 bits per heavy atom. The number of nitrogens with zero attached hydrogens (tertiary/aromatic N) is 2. The molecule has 0 unspecified atom stereocenters. The molecule has 1 N–H and O–H groups in total. The van der Waals surface area contributed by atoms with Crippen LogP contribution in [-0.4, -0.2) is 48.7 Å². The Kier molecular flexibility index (Phi) is 6.28. The first-order valence-corrected chi connectivity index (χ1v) is 11.0. The topological polar surface area (TPSA) is 67.5 Å². The number of H-pyrrole nitrogens is 1. The molecule has 1 aliphatic rings. The van der Waals surface area contributed by atoms with Crippen LogP contribution in [0.2, 0.25) is 0 Å². The molecule has 0 amide bonds. The monoisotopic (exact) mass is 421 g/mol. The Morgan fingerprint density at radius 3 is 2.39 bits per heavy atom. The van der Waals surface area contributed by atoms with Crippen molar-refractivity contribution in [1.82, 2.24) is 14.9 Å². The van der Waals surface area contributed by atoms with Gasteiger partial charge in [-0.2, -0.15) is 0 Å². The van der Waals surface area contributed by atoms with Crippen molar-refractivity contribution in [3.63, 3.8) is 0 Å². The van der Waals surface area contributed by atoms with Gasteiger partial charge >= 0.3 is 0 Å². The second-order valence-electron chi connectivity index (χ2n) is 8.38. The van der Waals surface area contributed by atoms with E-state index in [1.165, 1.54) is 62.7 Å². The summed E-state index contributed by atoms with van der Waals surface area (Å²) in [6.45, 7) is 7.95. The van der Waals surface area contributed by atoms with E-state index in [0.29, 0.717) is 28.2 Å². The van der Waals surface area contributed by atoms with Gasteiger partial charge in [-0.1, -0.05) is 0 Å². The largest absolute Gasteiger partial charge is 0.497 e. The SMILES string of the molecule is COc1cc(OC)c2c(=O)[nH]c(-c3cc(C)c(CCCN4CCCC4)c(C)c3)nc2c1. The fraction of sp³-hybridized carbons (Fsp3) is 0.440. The minimum absolute atomic E-state index is 0.218. The maximum Gasteiger partial charge on any atom is 0.262 e. The van der Waals surface area contributed by atoms with Gasteiger partial charge in [-0.15, -0.1) is 0 Å². The van der Waals surface area contributed by atoms with Gasteiger partial charge in [0.15, 0.2) is 0 Å². The summed E-state index contributed by atoms with van der Waals surface area (Å²) in [6, 6.07) is 7.71. The van der Waals surface area contributed by atoms with Crippen LogP contribution in [0.25, 0.3) is 22.3 Å². The number of fused-ring (bicyclic) bond motifs is 1. The highest BCUT2D eigenvalue weighted by Crippen LogP contribution is 2.30. The van der Waals surface area contributed by atoms with Crippen molar-refractivity contribution in [2.75, 3.05) is 33.9 Å². The third-order valence-corrected chi connectivity index (χ3v) is 6.27. The summed E-state index contributed by atoms with van der Waals surface area (Å²) in [7, 11) is 3.13. The lowest BCUT2D eigenvalue weighted by Gasteiger charge is -2.16. The highest BCUT2D eigenvalue weighted by molar-refractivity contribution is 5.87. The fourth-order valence-corrected chi connectivity index (χ4v) is 4.64. The summed E-state index contributed by atoms with van der Waals surface area (Å²) in [5.74, 6) is 1.62. The lowest BCUT2D eigenvalue weighted by Crippen LogP contribution is -2.20. The van der Waals surface area contributed by atoms with E-state index in [9.17, 15) is 4.79 Å². The molecule has 4 rings (SSSR count). The van der Waals surface area contributed by atoms with E-state index >= 15 is 0 Å². The average molecular weight is 422 g/mol. The first-order valence-electron chi connectivity index (χ1n) is 11.0. The zero-order valence-corrected chi connectivity index (χ0v) is 18.9. The number of benzene rings is 2. The van der Waals surface area contributed by atoms with Crippen molar-refractivity contribution in [3.05, 3.63) is 51.3 Å². The molecule has 0 aliphatic carbocycles. The van der Waals surface area contributed by atoms with Crippen molar-refractivity contribution in [2.45, 2.75) is 39.5 Å². The predicted molar refractivity (Wildman–Crippen MR) is 124 cm³/mol. The molecular formula is C25H31N3O3. The molecule has 3 aromatic rings. The van der Waals surface area contributed by atoms with Gasteiger partial charge in [0.2, 0.25) is 0 Å². The molecule has 0 spiro atoms. The summed E-state index contributed by atoms with van der Waals surface area (Å²) in [5.41, 5.74) is 5.13. The number of likely N-dealkylation sites (tertiary alicyclic amines) is 1. The zero-order valence-electron chi connectivity index (χ0n) is 18.9. The van der Waals surface area contributed by atoms with Crippen LogP contribution >= 0.6 is 0 Å². The number of nitrogens with one attached hydrogen (secondary N) is 1. The van der Waals surface area contributed by atoms with E-state index in [4.69, 9.17) is 14.5 Å². The molecule has 1 aliphatic heterocycles. The summed E-state index contributed by atoms with van der Waals surface area (Å²) < 4.78 is 10.7. The molecule has 6 heteroatoms. The normalized spacial score (nSPS) is 14.3. The molecule has 0 atom stereocenters. The van der Waals surface area contributed by atoms with E-state index < -0.39 is 0 Å². The van der Waals surface area contributed by atoms with Crippen LogP contribution in [0, 0.1) is 13.8 Å². The van der Waals surface area contributed by atoms with Gasteiger partial charge in [0.05, 0.1) is 19.7 Å². The van der Waals surface area contributed by atoms with Gasteiger partial charge in [0.25, 0.3) is 5.56 Å². The molecule has 2 heterocycles. The number of methoxy groups -OCH3 is 2. The van der Waals surface area contributed by atoms with Gasteiger partial charge in [-0.25, -0.2) is 4.98 Å². The van der Waals surface area contributed by atoms with E-state index in [1.807, 2.05) is 0 Å². The number of hydrogen-bond donors (Lipinski definition) is 1. The fourth-order valence-electron chi connectivity index (χ4n) is 4.64. The summed E-state index contributed by atoms with van der Waals surface area (Å²) >= 11 is 0. The molecule has 1 aromatic heterocycles. The standard InChI is InChI=1S/C25H31N3O3/c1-16-12-18(13-17(2)20(16)8-7-11-28-9-5-6-10-28)24-26-21-14-19(30-3)15-22(31-4)23(21)25(29)27-24/h12-15H,5-11H2,1-4H3,(H,26,27,29). The zero-order chi connectivity index (χ0) is 22.0. The van der Waals surface area contributed by atoms with Crippen LogP contribution in [0.1, 0.15) is 36.0 Å². The molecule has 0 bridgehead atoms. The number of aryl methyl sites for hydroxylation is 2. The molecule has 6 nitrogen and oxygen atoms in total. The van der Waals surface area contributed by atoms with Crippen molar-refractivity contribution < 1.29 is 9.47 Å². The molecule has 1 fully saturated rings. The van der Waals surface area contributed by atoms with Crippen LogP contribution in [0.4, 0.5) is 0 Å². The van der Waals surface area contributed by atoms with E-state index in [0.717, 1.165) is 12.0 Å². The molecular weight excluding hydrogens is 390 g/mol. The Hall–Kier alpha value is -2.86. The van der Waals surface area contributed by atoms with Crippen LogP contribution in [0.3, 0.4) is 0 Å². The Balaban J connectivity index is 1.65. The predicted octanol–water partition coefficient (Wildman–Crippen LogP) is 4.25. The highest BCUT2D eigenvalue weighted by atomic mass is 16.5. The number of aromatic nitrogens is 2. The summed E-state index contributed by atoms with van der Waals surface area (Å²) in [6.07, 6.45) is 4.92. The number of rotatable bonds is 7.